The molecule has 126 valence electrons. The van der Waals surface area contributed by atoms with Gasteiger partial charge in [-0.2, -0.15) is 0 Å². The number of aryl methyl sites for hydroxylation is 1. The molecule has 0 fully saturated rings. The smallest absolute Gasteiger partial charge is 0.251 e. The predicted molar refractivity (Wildman–Crippen MR) is 86.6 cm³/mol. The third-order valence-corrected chi connectivity index (χ3v) is 3.23. The van der Waals surface area contributed by atoms with Crippen molar-refractivity contribution < 1.29 is 24.5 Å². The summed E-state index contributed by atoms with van der Waals surface area (Å²) in [6, 6.07) is 3.88. The highest BCUT2D eigenvalue weighted by atomic mass is 16.5. The molecule has 3 N–H and O–H groups in total. The molecule has 1 unspecified atom stereocenters. The molecule has 0 aliphatic rings. The molecule has 0 bridgehead atoms. The molecular weight excluding hydrogens is 298 g/mol. The number of benzene rings is 1. The molecule has 0 radical (unpaired) electrons. The van der Waals surface area contributed by atoms with E-state index in [4.69, 9.17) is 14.9 Å². The standard InChI is InChI=1S/C17H23NO5/c1-3-5-12-9-13(6-7-16(12)23-8-4-2)17(22)18-14(10-19)15(21)11-20/h4,6-7,9,14,19-20H,2-3,5,8,10-11H2,1H3,(H,18,22). The minimum absolute atomic E-state index is 0.364. The van der Waals surface area contributed by atoms with Crippen LogP contribution in [0.3, 0.4) is 0 Å². The molecule has 0 heterocycles. The summed E-state index contributed by atoms with van der Waals surface area (Å²) in [5.41, 5.74) is 1.25. The van der Waals surface area contributed by atoms with Crippen LogP contribution in [0.4, 0.5) is 0 Å². The van der Waals surface area contributed by atoms with Crippen molar-refractivity contribution in [2.24, 2.45) is 0 Å². The quantitative estimate of drug-likeness (QED) is 0.555. The fourth-order valence-corrected chi connectivity index (χ4v) is 2.05. The Morgan fingerprint density at radius 3 is 2.70 bits per heavy atom. The van der Waals surface area contributed by atoms with E-state index in [2.05, 4.69) is 11.9 Å². The first kappa shape index (κ1) is 18.9. The molecule has 1 rings (SSSR count). The van der Waals surface area contributed by atoms with E-state index in [0.29, 0.717) is 17.9 Å². The molecule has 1 aromatic carbocycles. The lowest BCUT2D eigenvalue weighted by molar-refractivity contribution is -0.124. The zero-order valence-electron chi connectivity index (χ0n) is 13.2. The molecule has 0 aliphatic carbocycles. The highest BCUT2D eigenvalue weighted by molar-refractivity contribution is 5.98. The van der Waals surface area contributed by atoms with Gasteiger partial charge in [-0.25, -0.2) is 0 Å². The average Bonchev–Trinajstić information content (AvgIpc) is 2.57. The number of rotatable bonds is 10. The Morgan fingerprint density at radius 2 is 2.13 bits per heavy atom. The van der Waals surface area contributed by atoms with Crippen LogP contribution in [0.15, 0.2) is 30.9 Å². The molecule has 0 saturated heterocycles. The number of carbonyl (C=O) groups excluding carboxylic acids is 2. The highest BCUT2D eigenvalue weighted by Crippen LogP contribution is 2.22. The maximum atomic E-state index is 12.2. The number of ether oxygens (including phenoxy) is 1. The van der Waals surface area contributed by atoms with Crippen molar-refractivity contribution in [2.45, 2.75) is 25.8 Å². The lowest BCUT2D eigenvalue weighted by atomic mass is 10.0. The van der Waals surface area contributed by atoms with E-state index < -0.39 is 30.9 Å². The van der Waals surface area contributed by atoms with Crippen LogP contribution in [0.2, 0.25) is 0 Å². The first-order chi connectivity index (χ1) is 11.1. The van der Waals surface area contributed by atoms with Crippen molar-refractivity contribution in [3.8, 4) is 5.75 Å². The van der Waals surface area contributed by atoms with Crippen LogP contribution >= 0.6 is 0 Å². The van der Waals surface area contributed by atoms with Crippen molar-refractivity contribution in [1.29, 1.82) is 0 Å². The van der Waals surface area contributed by atoms with E-state index in [1.165, 1.54) is 0 Å². The Balaban J connectivity index is 2.93. The summed E-state index contributed by atoms with van der Waals surface area (Å²) in [6.07, 6.45) is 3.27. The van der Waals surface area contributed by atoms with Gasteiger partial charge in [-0.3, -0.25) is 9.59 Å². The van der Waals surface area contributed by atoms with Gasteiger partial charge >= 0.3 is 0 Å². The van der Waals surface area contributed by atoms with E-state index >= 15 is 0 Å². The van der Waals surface area contributed by atoms with E-state index in [1.54, 1.807) is 24.3 Å². The Hall–Kier alpha value is -2.18. The van der Waals surface area contributed by atoms with Gasteiger partial charge in [0.2, 0.25) is 0 Å². The van der Waals surface area contributed by atoms with Gasteiger partial charge < -0.3 is 20.3 Å². The molecule has 1 amide bonds. The van der Waals surface area contributed by atoms with Crippen molar-refractivity contribution in [3.05, 3.63) is 42.0 Å². The van der Waals surface area contributed by atoms with Gasteiger partial charge in [0.25, 0.3) is 5.91 Å². The maximum Gasteiger partial charge on any atom is 0.251 e. The topological polar surface area (TPSA) is 95.9 Å². The fourth-order valence-electron chi connectivity index (χ4n) is 2.05. The zero-order valence-corrected chi connectivity index (χ0v) is 13.2. The monoisotopic (exact) mass is 321 g/mol. The lowest BCUT2D eigenvalue weighted by Gasteiger charge is -2.15. The van der Waals surface area contributed by atoms with Crippen molar-refractivity contribution in [1.82, 2.24) is 5.32 Å². The maximum absolute atomic E-state index is 12.2. The number of hydrogen-bond donors (Lipinski definition) is 3. The number of hydrogen-bond acceptors (Lipinski definition) is 5. The summed E-state index contributed by atoms with van der Waals surface area (Å²) in [7, 11) is 0. The minimum Gasteiger partial charge on any atom is -0.489 e. The van der Waals surface area contributed by atoms with Crippen LogP contribution in [0.1, 0.15) is 29.3 Å². The first-order valence-electron chi connectivity index (χ1n) is 7.49. The van der Waals surface area contributed by atoms with Gasteiger partial charge in [0.1, 0.15) is 25.0 Å². The van der Waals surface area contributed by atoms with Crippen LogP contribution in [-0.4, -0.2) is 47.8 Å². The molecule has 6 heteroatoms. The molecule has 6 nitrogen and oxygen atoms in total. The van der Waals surface area contributed by atoms with E-state index in [9.17, 15) is 9.59 Å². The van der Waals surface area contributed by atoms with Gasteiger partial charge in [0.15, 0.2) is 5.78 Å². The Morgan fingerprint density at radius 1 is 1.39 bits per heavy atom. The number of amides is 1. The number of Topliss-reactive ketones (excluding diaryl/α,β-unsaturated/α-hetero) is 1. The van der Waals surface area contributed by atoms with Crippen molar-refractivity contribution in [2.75, 3.05) is 19.8 Å². The summed E-state index contributed by atoms with van der Waals surface area (Å²) in [6.45, 7) is 4.70. The average molecular weight is 321 g/mol. The number of carbonyl (C=O) groups is 2. The van der Waals surface area contributed by atoms with Gasteiger partial charge in [-0.15, -0.1) is 0 Å². The van der Waals surface area contributed by atoms with E-state index in [0.717, 1.165) is 18.4 Å². The second-order valence-corrected chi connectivity index (χ2v) is 5.01. The van der Waals surface area contributed by atoms with Crippen molar-refractivity contribution >= 4 is 11.7 Å². The molecule has 23 heavy (non-hydrogen) atoms. The van der Waals surface area contributed by atoms with Crippen LogP contribution in [0.25, 0.3) is 0 Å². The molecule has 0 saturated carbocycles. The largest absolute Gasteiger partial charge is 0.489 e. The molecule has 0 spiro atoms. The summed E-state index contributed by atoms with van der Waals surface area (Å²) in [4.78, 5) is 23.6. The number of aliphatic hydroxyl groups excluding tert-OH is 2. The Labute approximate surface area is 135 Å². The van der Waals surface area contributed by atoms with Gasteiger partial charge in [-0.05, 0) is 30.2 Å². The number of ketones is 1. The van der Waals surface area contributed by atoms with E-state index in [1.807, 2.05) is 6.92 Å². The SMILES string of the molecule is C=CCOc1ccc(C(=O)NC(CO)C(=O)CO)cc1CCC. The highest BCUT2D eigenvalue weighted by Gasteiger charge is 2.20. The van der Waals surface area contributed by atoms with Gasteiger partial charge in [-0.1, -0.05) is 26.0 Å². The first-order valence-corrected chi connectivity index (χ1v) is 7.49. The third kappa shape index (κ3) is 5.50. The molecule has 1 atom stereocenters. The molecule has 0 aromatic heterocycles. The third-order valence-electron chi connectivity index (χ3n) is 3.23. The fraction of sp³-hybridized carbons (Fsp3) is 0.412. The summed E-state index contributed by atoms with van der Waals surface area (Å²) in [5, 5.41) is 20.4. The van der Waals surface area contributed by atoms with Crippen LogP contribution in [-0.2, 0) is 11.2 Å². The normalized spacial score (nSPS) is 11.6. The second kappa shape index (κ2) is 9.76. The Kier molecular flexibility index (Phi) is 8.01. The van der Waals surface area contributed by atoms with Gasteiger partial charge in [0.05, 0.1) is 6.61 Å². The molecule has 0 aliphatic heterocycles. The molecule has 1 aromatic rings. The lowest BCUT2D eigenvalue weighted by Crippen LogP contribution is -2.44. The second-order valence-electron chi connectivity index (χ2n) is 5.01. The summed E-state index contributed by atoms with van der Waals surface area (Å²) < 4.78 is 5.55. The Bertz CT molecular complexity index is 556. The van der Waals surface area contributed by atoms with Crippen LogP contribution < -0.4 is 10.1 Å². The minimum atomic E-state index is -1.11. The molecular formula is C17H23NO5. The number of nitrogens with one attached hydrogen (secondary N) is 1. The number of aliphatic hydroxyl groups is 2. The summed E-state index contributed by atoms with van der Waals surface area (Å²) in [5.74, 6) is -0.438. The summed E-state index contributed by atoms with van der Waals surface area (Å²) >= 11 is 0. The van der Waals surface area contributed by atoms with E-state index in [-0.39, 0.29) is 0 Å². The van der Waals surface area contributed by atoms with Gasteiger partial charge in [0, 0.05) is 5.56 Å². The van der Waals surface area contributed by atoms with Crippen LogP contribution in [0.5, 0.6) is 5.75 Å². The van der Waals surface area contributed by atoms with Crippen LogP contribution in [0, 0.1) is 0 Å². The van der Waals surface area contributed by atoms with Crippen molar-refractivity contribution in [3.63, 3.8) is 0 Å². The predicted octanol–water partition coefficient (Wildman–Crippen LogP) is 0.856. The zero-order chi connectivity index (χ0) is 17.2.